The van der Waals surface area contributed by atoms with Crippen LogP contribution in [0.2, 0.25) is 0 Å². The summed E-state index contributed by atoms with van der Waals surface area (Å²) in [6.45, 7) is 1.79. The van der Waals surface area contributed by atoms with E-state index in [0.717, 1.165) is 0 Å². The summed E-state index contributed by atoms with van der Waals surface area (Å²) in [5.74, 6) is -0.320. The van der Waals surface area contributed by atoms with E-state index in [1.165, 1.54) is 24.9 Å². The van der Waals surface area contributed by atoms with Crippen molar-refractivity contribution in [1.29, 1.82) is 0 Å². The highest BCUT2D eigenvalue weighted by Gasteiger charge is 2.20. The minimum atomic E-state index is -0.392. The average molecular weight is 285 g/mol. The van der Waals surface area contributed by atoms with Gasteiger partial charge in [-0.15, -0.1) is 0 Å². The first kappa shape index (κ1) is 15.7. The molecule has 1 rings (SSSR count). The molecule has 5 nitrogen and oxygen atoms in total. The lowest BCUT2D eigenvalue weighted by molar-refractivity contribution is 0.0932. The zero-order chi connectivity index (χ0) is 14.4. The third-order valence-electron chi connectivity index (χ3n) is 2.86. The number of para-hydroxylation sites is 1. The van der Waals surface area contributed by atoms with Crippen molar-refractivity contribution < 1.29 is 19.7 Å². The number of aromatic hydroxyl groups is 1. The Kier molecular flexibility index (Phi) is 5.98. The van der Waals surface area contributed by atoms with Crippen molar-refractivity contribution in [2.75, 3.05) is 20.0 Å². The summed E-state index contributed by atoms with van der Waals surface area (Å²) in [5, 5.41) is 21.7. The van der Waals surface area contributed by atoms with E-state index in [1.807, 2.05) is 13.2 Å². The fraction of sp³-hybridized carbons (Fsp3) is 0.462. The largest absolute Gasteiger partial charge is 0.504 e. The van der Waals surface area contributed by atoms with Crippen molar-refractivity contribution in [1.82, 2.24) is 5.32 Å². The SMILES string of the molecule is COc1cccc(C(=O)NC(C)C(CO)SC)c1O. The number of thioether (sulfide) groups is 1. The van der Waals surface area contributed by atoms with Crippen LogP contribution in [0.3, 0.4) is 0 Å². The molecule has 0 aromatic heterocycles. The van der Waals surface area contributed by atoms with Gasteiger partial charge in [-0.1, -0.05) is 6.07 Å². The van der Waals surface area contributed by atoms with Crippen LogP contribution in [0.25, 0.3) is 0 Å². The Labute approximate surface area is 117 Å². The van der Waals surface area contributed by atoms with Gasteiger partial charge in [-0.2, -0.15) is 11.8 Å². The average Bonchev–Trinajstić information content (AvgIpc) is 2.40. The predicted molar refractivity (Wildman–Crippen MR) is 76.0 cm³/mol. The molecule has 0 radical (unpaired) electrons. The lowest BCUT2D eigenvalue weighted by atomic mass is 10.1. The molecule has 0 fully saturated rings. The number of carbonyl (C=O) groups excluding carboxylic acids is 1. The van der Waals surface area contributed by atoms with Gasteiger partial charge in [0, 0.05) is 11.3 Å². The maximum atomic E-state index is 12.1. The van der Waals surface area contributed by atoms with Crippen LogP contribution < -0.4 is 10.1 Å². The fourth-order valence-electron chi connectivity index (χ4n) is 1.68. The molecule has 0 aliphatic heterocycles. The highest BCUT2D eigenvalue weighted by Crippen LogP contribution is 2.29. The van der Waals surface area contributed by atoms with E-state index in [-0.39, 0.29) is 35.0 Å². The number of phenols is 1. The van der Waals surface area contributed by atoms with Gasteiger partial charge in [-0.25, -0.2) is 0 Å². The first-order chi connectivity index (χ1) is 9.04. The van der Waals surface area contributed by atoms with E-state index in [1.54, 1.807) is 12.1 Å². The number of methoxy groups -OCH3 is 1. The van der Waals surface area contributed by atoms with Crippen molar-refractivity contribution in [3.8, 4) is 11.5 Å². The zero-order valence-electron chi connectivity index (χ0n) is 11.2. The Morgan fingerprint density at radius 1 is 1.53 bits per heavy atom. The lowest BCUT2D eigenvalue weighted by Crippen LogP contribution is -2.41. The number of aliphatic hydroxyl groups is 1. The number of hydrogen-bond donors (Lipinski definition) is 3. The first-order valence-electron chi connectivity index (χ1n) is 5.85. The van der Waals surface area contributed by atoms with Crippen LogP contribution in [0.5, 0.6) is 11.5 Å². The molecular weight excluding hydrogens is 266 g/mol. The second-order valence-electron chi connectivity index (χ2n) is 4.08. The monoisotopic (exact) mass is 285 g/mol. The van der Waals surface area contributed by atoms with Gasteiger partial charge in [0.2, 0.25) is 0 Å². The van der Waals surface area contributed by atoms with Crippen LogP contribution in [0.15, 0.2) is 18.2 Å². The number of amides is 1. The Morgan fingerprint density at radius 3 is 2.74 bits per heavy atom. The molecular formula is C13H19NO4S. The molecule has 0 aliphatic rings. The lowest BCUT2D eigenvalue weighted by Gasteiger charge is -2.21. The van der Waals surface area contributed by atoms with E-state index >= 15 is 0 Å². The Balaban J connectivity index is 2.84. The minimum absolute atomic E-state index is 0.0211. The Bertz CT molecular complexity index is 435. The smallest absolute Gasteiger partial charge is 0.255 e. The molecule has 0 heterocycles. The fourth-order valence-corrected chi connectivity index (χ4v) is 2.31. The second-order valence-corrected chi connectivity index (χ2v) is 5.15. The predicted octanol–water partition coefficient (Wildman–Crippen LogP) is 1.24. The highest BCUT2D eigenvalue weighted by atomic mass is 32.2. The molecule has 0 saturated carbocycles. The summed E-state index contributed by atoms with van der Waals surface area (Å²) in [5.41, 5.74) is 0.156. The number of hydrogen-bond acceptors (Lipinski definition) is 5. The van der Waals surface area contributed by atoms with Gasteiger partial charge < -0.3 is 20.3 Å². The van der Waals surface area contributed by atoms with Crippen molar-refractivity contribution in [2.45, 2.75) is 18.2 Å². The second kappa shape index (κ2) is 7.25. The van der Waals surface area contributed by atoms with E-state index < -0.39 is 5.91 Å². The van der Waals surface area contributed by atoms with Gasteiger partial charge in [-0.3, -0.25) is 4.79 Å². The standard InChI is InChI=1S/C13H19NO4S/c1-8(11(7-15)19-3)14-13(17)9-5-4-6-10(18-2)12(9)16/h4-6,8,11,15-16H,7H2,1-3H3,(H,14,17). The van der Waals surface area contributed by atoms with E-state index in [2.05, 4.69) is 5.32 Å². The zero-order valence-corrected chi connectivity index (χ0v) is 12.0. The molecule has 3 N–H and O–H groups in total. The van der Waals surface area contributed by atoms with Gasteiger partial charge in [-0.05, 0) is 25.3 Å². The van der Waals surface area contributed by atoms with Crippen LogP contribution in [0.4, 0.5) is 0 Å². The van der Waals surface area contributed by atoms with Gasteiger partial charge in [0.05, 0.1) is 19.3 Å². The third kappa shape index (κ3) is 3.78. The van der Waals surface area contributed by atoms with E-state index in [0.29, 0.717) is 0 Å². The van der Waals surface area contributed by atoms with Crippen LogP contribution in [-0.4, -0.2) is 47.4 Å². The molecule has 2 unspecified atom stereocenters. The number of rotatable bonds is 6. The van der Waals surface area contributed by atoms with Crippen molar-refractivity contribution in [2.24, 2.45) is 0 Å². The molecule has 6 heteroatoms. The minimum Gasteiger partial charge on any atom is -0.504 e. The summed E-state index contributed by atoms with van der Waals surface area (Å²) in [4.78, 5) is 12.1. The Hall–Kier alpha value is -1.40. The summed E-state index contributed by atoms with van der Waals surface area (Å²) in [7, 11) is 1.43. The molecule has 1 aromatic rings. The van der Waals surface area contributed by atoms with E-state index in [4.69, 9.17) is 4.74 Å². The quantitative estimate of drug-likeness (QED) is 0.733. The number of nitrogens with one attached hydrogen (secondary N) is 1. The molecule has 1 aromatic carbocycles. The van der Waals surface area contributed by atoms with Gasteiger partial charge in [0.1, 0.15) is 0 Å². The van der Waals surface area contributed by atoms with Crippen LogP contribution in [0.1, 0.15) is 17.3 Å². The molecule has 0 saturated heterocycles. The normalized spacial score (nSPS) is 13.7. The van der Waals surface area contributed by atoms with Crippen LogP contribution >= 0.6 is 11.8 Å². The number of ether oxygens (including phenoxy) is 1. The van der Waals surface area contributed by atoms with Crippen LogP contribution in [-0.2, 0) is 0 Å². The summed E-state index contributed by atoms with van der Waals surface area (Å²) in [6, 6.07) is 4.52. The molecule has 0 spiro atoms. The molecule has 0 aliphatic carbocycles. The summed E-state index contributed by atoms with van der Waals surface area (Å²) >= 11 is 1.48. The number of carbonyl (C=O) groups is 1. The topological polar surface area (TPSA) is 78.8 Å². The molecule has 1 amide bonds. The van der Waals surface area contributed by atoms with Crippen molar-refractivity contribution >= 4 is 17.7 Å². The number of aliphatic hydroxyl groups excluding tert-OH is 1. The number of phenolic OH excluding ortho intramolecular Hbond substituents is 1. The van der Waals surface area contributed by atoms with Gasteiger partial charge in [0.15, 0.2) is 11.5 Å². The molecule has 19 heavy (non-hydrogen) atoms. The maximum absolute atomic E-state index is 12.1. The van der Waals surface area contributed by atoms with Gasteiger partial charge >= 0.3 is 0 Å². The summed E-state index contributed by atoms with van der Waals surface area (Å²) < 4.78 is 4.96. The van der Waals surface area contributed by atoms with Crippen molar-refractivity contribution in [3.05, 3.63) is 23.8 Å². The Morgan fingerprint density at radius 2 is 2.21 bits per heavy atom. The maximum Gasteiger partial charge on any atom is 0.255 e. The number of benzene rings is 1. The third-order valence-corrected chi connectivity index (χ3v) is 4.03. The van der Waals surface area contributed by atoms with Crippen LogP contribution in [0, 0.1) is 0 Å². The first-order valence-corrected chi connectivity index (χ1v) is 7.14. The van der Waals surface area contributed by atoms with E-state index in [9.17, 15) is 15.0 Å². The summed E-state index contributed by atoms with van der Waals surface area (Å²) in [6.07, 6.45) is 1.87. The molecule has 0 bridgehead atoms. The molecule has 2 atom stereocenters. The van der Waals surface area contributed by atoms with Gasteiger partial charge in [0.25, 0.3) is 5.91 Å². The molecule has 106 valence electrons. The van der Waals surface area contributed by atoms with Crippen molar-refractivity contribution in [3.63, 3.8) is 0 Å². The highest BCUT2D eigenvalue weighted by molar-refractivity contribution is 7.99.